The van der Waals surface area contributed by atoms with E-state index in [1.807, 2.05) is 0 Å². The molecule has 1 unspecified atom stereocenters. The van der Waals surface area contributed by atoms with Gasteiger partial charge in [-0.3, -0.25) is 5.32 Å². The van der Waals surface area contributed by atoms with Crippen LogP contribution in [-0.4, -0.2) is 32.1 Å². The molecule has 1 saturated carbocycles. The van der Waals surface area contributed by atoms with Gasteiger partial charge in [0.25, 0.3) is 0 Å². The largest absolute Gasteiger partial charge is 0.383 e. The molecule has 1 heterocycles. The van der Waals surface area contributed by atoms with Crippen LogP contribution in [-0.2, 0) is 9.47 Å². The summed E-state index contributed by atoms with van der Waals surface area (Å²) in [5.41, 5.74) is -0.0207. The van der Waals surface area contributed by atoms with Gasteiger partial charge in [0, 0.05) is 13.2 Å². The lowest BCUT2D eigenvalue weighted by atomic mass is 9.81. The Balaban J connectivity index is 1.88. The van der Waals surface area contributed by atoms with Crippen LogP contribution in [0.1, 0.15) is 45.4 Å². The van der Waals surface area contributed by atoms with Gasteiger partial charge in [-0.1, -0.05) is 13.3 Å². The molecule has 2 aliphatic rings. The molecule has 1 N–H and O–H groups in total. The summed E-state index contributed by atoms with van der Waals surface area (Å²) >= 11 is 0. The Hall–Kier alpha value is -0.120. The fourth-order valence-electron chi connectivity index (χ4n) is 3.05. The first-order valence-electron chi connectivity index (χ1n) is 6.68. The molecule has 3 heteroatoms. The molecule has 94 valence electrons. The highest BCUT2D eigenvalue weighted by atomic mass is 16.5. The van der Waals surface area contributed by atoms with Crippen LogP contribution >= 0.6 is 0 Å². The van der Waals surface area contributed by atoms with Gasteiger partial charge in [-0.25, -0.2) is 0 Å². The number of ether oxygens (including phenoxy) is 2. The summed E-state index contributed by atoms with van der Waals surface area (Å²) in [6.45, 7) is 3.99. The molecule has 0 bridgehead atoms. The fraction of sp³-hybridized carbons (Fsp3) is 1.00. The van der Waals surface area contributed by atoms with Crippen LogP contribution in [0.3, 0.4) is 0 Å². The van der Waals surface area contributed by atoms with Crippen LogP contribution in [0.25, 0.3) is 0 Å². The van der Waals surface area contributed by atoms with Crippen molar-refractivity contribution in [2.75, 3.05) is 20.3 Å². The lowest BCUT2D eigenvalue weighted by Gasteiger charge is -2.46. The van der Waals surface area contributed by atoms with Gasteiger partial charge >= 0.3 is 0 Å². The molecule has 0 aromatic heterocycles. The van der Waals surface area contributed by atoms with Crippen LogP contribution in [0.2, 0.25) is 0 Å². The minimum atomic E-state index is -0.0207. The lowest BCUT2D eigenvalue weighted by molar-refractivity contribution is -0.141. The van der Waals surface area contributed by atoms with E-state index in [2.05, 4.69) is 12.2 Å². The van der Waals surface area contributed by atoms with Gasteiger partial charge in [0.15, 0.2) is 0 Å². The average Bonchev–Trinajstić information content (AvgIpc) is 2.31. The van der Waals surface area contributed by atoms with Crippen LogP contribution in [0.15, 0.2) is 0 Å². The minimum Gasteiger partial charge on any atom is -0.383 e. The third kappa shape index (κ3) is 2.76. The molecule has 16 heavy (non-hydrogen) atoms. The van der Waals surface area contributed by atoms with Crippen LogP contribution in [0.4, 0.5) is 0 Å². The third-order valence-corrected chi connectivity index (χ3v) is 4.17. The number of nitrogens with one attached hydrogen (secondary N) is 1. The highest BCUT2D eigenvalue weighted by molar-refractivity contribution is 4.90. The molecule has 1 atom stereocenters. The Morgan fingerprint density at radius 1 is 1.31 bits per heavy atom. The van der Waals surface area contributed by atoms with Crippen molar-refractivity contribution in [3.05, 3.63) is 0 Å². The van der Waals surface area contributed by atoms with Crippen molar-refractivity contribution < 1.29 is 9.47 Å². The number of rotatable bonds is 3. The summed E-state index contributed by atoms with van der Waals surface area (Å²) in [4.78, 5) is 0. The van der Waals surface area contributed by atoms with Crippen molar-refractivity contribution in [1.82, 2.24) is 5.32 Å². The normalized spacial score (nSPS) is 40.1. The van der Waals surface area contributed by atoms with Crippen LogP contribution in [0, 0.1) is 5.92 Å². The van der Waals surface area contributed by atoms with E-state index in [1.54, 1.807) is 7.11 Å². The Bertz CT molecular complexity index is 210. The van der Waals surface area contributed by atoms with Gasteiger partial charge in [0.2, 0.25) is 0 Å². The maximum Gasteiger partial charge on any atom is 0.119 e. The van der Waals surface area contributed by atoms with E-state index in [9.17, 15) is 0 Å². The molecule has 0 amide bonds. The highest BCUT2D eigenvalue weighted by Crippen LogP contribution is 2.36. The monoisotopic (exact) mass is 227 g/mol. The molecule has 3 nitrogen and oxygen atoms in total. The van der Waals surface area contributed by atoms with Crippen molar-refractivity contribution in [2.24, 2.45) is 5.92 Å². The van der Waals surface area contributed by atoms with Crippen molar-refractivity contribution in [2.45, 2.75) is 57.2 Å². The molecular formula is C13H25NO2. The SMILES string of the molecule is CCC1CCC2(CC1)NC(COC)CCO2. The Kier molecular flexibility index (Phi) is 4.22. The molecule has 1 saturated heterocycles. The first-order chi connectivity index (χ1) is 7.78. The molecule has 2 rings (SSSR count). The van der Waals surface area contributed by atoms with Gasteiger partial charge in [0.05, 0.1) is 13.2 Å². The van der Waals surface area contributed by atoms with Gasteiger partial charge in [0.1, 0.15) is 5.72 Å². The third-order valence-electron chi connectivity index (χ3n) is 4.17. The molecule has 1 aliphatic carbocycles. The van der Waals surface area contributed by atoms with E-state index in [0.29, 0.717) is 6.04 Å². The molecule has 2 fully saturated rings. The summed E-state index contributed by atoms with van der Waals surface area (Å²) in [5, 5.41) is 3.67. The number of hydrogen-bond donors (Lipinski definition) is 1. The molecule has 0 aromatic rings. The Morgan fingerprint density at radius 3 is 2.69 bits per heavy atom. The van der Waals surface area contributed by atoms with Gasteiger partial charge in [-0.15, -0.1) is 0 Å². The number of hydrogen-bond acceptors (Lipinski definition) is 3. The second-order valence-electron chi connectivity index (χ2n) is 5.28. The molecule has 1 spiro atoms. The molecular weight excluding hydrogens is 202 g/mol. The average molecular weight is 227 g/mol. The first kappa shape index (κ1) is 12.3. The van der Waals surface area contributed by atoms with E-state index in [4.69, 9.17) is 9.47 Å². The van der Waals surface area contributed by atoms with Crippen LogP contribution < -0.4 is 5.32 Å². The van der Waals surface area contributed by atoms with Gasteiger partial charge in [-0.2, -0.15) is 0 Å². The summed E-state index contributed by atoms with van der Waals surface area (Å²) in [5.74, 6) is 0.916. The summed E-state index contributed by atoms with van der Waals surface area (Å²) in [6, 6.07) is 0.483. The van der Waals surface area contributed by atoms with E-state index in [-0.39, 0.29) is 5.72 Å². The number of methoxy groups -OCH3 is 1. The smallest absolute Gasteiger partial charge is 0.119 e. The first-order valence-corrected chi connectivity index (χ1v) is 6.68. The zero-order chi connectivity index (χ0) is 11.4. The van der Waals surface area contributed by atoms with Crippen molar-refractivity contribution in [3.8, 4) is 0 Å². The van der Waals surface area contributed by atoms with Crippen molar-refractivity contribution in [1.29, 1.82) is 0 Å². The van der Waals surface area contributed by atoms with Gasteiger partial charge < -0.3 is 9.47 Å². The van der Waals surface area contributed by atoms with E-state index >= 15 is 0 Å². The molecule has 1 aliphatic heterocycles. The zero-order valence-electron chi connectivity index (χ0n) is 10.6. The topological polar surface area (TPSA) is 30.5 Å². The van der Waals surface area contributed by atoms with E-state index < -0.39 is 0 Å². The second-order valence-corrected chi connectivity index (χ2v) is 5.28. The Labute approximate surface area is 98.9 Å². The predicted molar refractivity (Wildman–Crippen MR) is 64.3 cm³/mol. The van der Waals surface area contributed by atoms with Crippen molar-refractivity contribution in [3.63, 3.8) is 0 Å². The predicted octanol–water partition coefficient (Wildman–Crippen LogP) is 2.31. The van der Waals surface area contributed by atoms with Crippen LogP contribution in [0.5, 0.6) is 0 Å². The molecule has 0 radical (unpaired) electrons. The molecule has 0 aromatic carbocycles. The summed E-state index contributed by atoms with van der Waals surface area (Å²) in [6.07, 6.45) is 7.36. The van der Waals surface area contributed by atoms with Crippen molar-refractivity contribution >= 4 is 0 Å². The maximum atomic E-state index is 6.01. The van der Waals surface area contributed by atoms with E-state index in [1.165, 1.54) is 32.1 Å². The standard InChI is InChI=1S/C13H25NO2/c1-3-11-4-7-13(8-5-11)14-12(10-15-2)6-9-16-13/h11-12,14H,3-10H2,1-2H3. The summed E-state index contributed by atoms with van der Waals surface area (Å²) < 4.78 is 11.2. The maximum absolute atomic E-state index is 6.01. The highest BCUT2D eigenvalue weighted by Gasteiger charge is 2.39. The fourth-order valence-corrected chi connectivity index (χ4v) is 3.05. The summed E-state index contributed by atoms with van der Waals surface area (Å²) in [7, 11) is 1.78. The van der Waals surface area contributed by atoms with Gasteiger partial charge in [-0.05, 0) is 38.0 Å². The quantitative estimate of drug-likeness (QED) is 0.802. The second kappa shape index (κ2) is 5.48. The van der Waals surface area contributed by atoms with E-state index in [0.717, 1.165) is 25.6 Å². The lowest BCUT2D eigenvalue weighted by Crippen LogP contribution is -2.59. The minimum absolute atomic E-state index is 0.0207. The zero-order valence-corrected chi connectivity index (χ0v) is 10.6. The Morgan fingerprint density at radius 2 is 2.06 bits per heavy atom.